The summed E-state index contributed by atoms with van der Waals surface area (Å²) in [4.78, 5) is 29.8. The highest BCUT2D eigenvalue weighted by Gasteiger charge is 2.45. The van der Waals surface area contributed by atoms with Crippen LogP contribution in [0.4, 0.5) is 4.39 Å². The highest BCUT2D eigenvalue weighted by molar-refractivity contribution is 5.86. The van der Waals surface area contributed by atoms with Crippen LogP contribution in [-0.2, 0) is 20.7 Å². The van der Waals surface area contributed by atoms with Gasteiger partial charge in [0.15, 0.2) is 0 Å². The van der Waals surface area contributed by atoms with E-state index in [9.17, 15) is 14.0 Å². The van der Waals surface area contributed by atoms with E-state index < -0.39 is 5.41 Å². The number of halogens is 1. The van der Waals surface area contributed by atoms with E-state index in [1.807, 2.05) is 35.2 Å². The first-order chi connectivity index (χ1) is 15.4. The molecule has 2 aliphatic rings. The lowest BCUT2D eigenvalue weighted by atomic mass is 9.73. The van der Waals surface area contributed by atoms with Crippen molar-refractivity contribution in [3.8, 4) is 11.1 Å². The first-order valence-corrected chi connectivity index (χ1v) is 11.4. The van der Waals surface area contributed by atoms with Crippen LogP contribution in [-0.4, -0.2) is 61.5 Å². The van der Waals surface area contributed by atoms with Crippen LogP contribution >= 0.6 is 0 Å². The topological polar surface area (TPSA) is 49.9 Å². The Morgan fingerprint density at radius 2 is 1.88 bits per heavy atom. The molecule has 170 valence electrons. The van der Waals surface area contributed by atoms with Crippen molar-refractivity contribution in [2.24, 2.45) is 5.41 Å². The lowest BCUT2D eigenvalue weighted by Crippen LogP contribution is -2.55. The minimum absolute atomic E-state index is 0.00744. The van der Waals surface area contributed by atoms with Crippen molar-refractivity contribution in [3.05, 3.63) is 59.9 Å². The second kappa shape index (κ2) is 9.41. The normalized spacial score (nSPS) is 23.2. The summed E-state index contributed by atoms with van der Waals surface area (Å²) in [7, 11) is 3.54. The van der Waals surface area contributed by atoms with E-state index in [0.29, 0.717) is 31.7 Å². The Morgan fingerprint density at radius 3 is 2.53 bits per heavy atom. The maximum Gasteiger partial charge on any atom is 0.251 e. The quantitative estimate of drug-likeness (QED) is 0.711. The van der Waals surface area contributed by atoms with Crippen molar-refractivity contribution in [2.75, 3.05) is 33.8 Å². The van der Waals surface area contributed by atoms with Crippen molar-refractivity contribution in [3.63, 3.8) is 0 Å². The number of amides is 2. The van der Waals surface area contributed by atoms with Crippen LogP contribution < -0.4 is 0 Å². The summed E-state index contributed by atoms with van der Waals surface area (Å²) in [5, 5.41) is 0. The highest BCUT2D eigenvalue weighted by atomic mass is 19.1. The van der Waals surface area contributed by atoms with Crippen LogP contribution in [0.1, 0.15) is 31.2 Å². The van der Waals surface area contributed by atoms with Crippen LogP contribution in [0.25, 0.3) is 11.1 Å². The molecule has 0 saturated carbocycles. The van der Waals surface area contributed by atoms with Gasteiger partial charge in [-0.05, 0) is 49.3 Å². The number of carbonyl (C=O) groups is 2. The SMILES string of the molecule is CN(C)C(=O)[C@]1(Cc2ccc(-c3ccccc3F)cc2)CCCN(C(=O)[C@H]2CCCO2)C1. The molecule has 4 rings (SSSR count). The number of likely N-dealkylation sites (tertiary alicyclic amines) is 1. The summed E-state index contributed by atoms with van der Waals surface area (Å²) in [5.41, 5.74) is 1.70. The predicted molar refractivity (Wildman–Crippen MR) is 121 cm³/mol. The maximum absolute atomic E-state index is 14.2. The van der Waals surface area contributed by atoms with Crippen molar-refractivity contribution < 1.29 is 18.7 Å². The lowest BCUT2D eigenvalue weighted by Gasteiger charge is -2.43. The number of piperidine rings is 1. The summed E-state index contributed by atoms with van der Waals surface area (Å²) in [6.07, 6.45) is 3.33. The summed E-state index contributed by atoms with van der Waals surface area (Å²) < 4.78 is 19.8. The minimum atomic E-state index is -0.671. The second-order valence-electron chi connectivity index (χ2n) is 9.20. The Balaban J connectivity index is 1.57. The molecule has 0 aliphatic carbocycles. The second-order valence-corrected chi connectivity index (χ2v) is 9.20. The van der Waals surface area contributed by atoms with Gasteiger partial charge in [0.1, 0.15) is 11.9 Å². The molecular formula is C26H31FN2O3. The van der Waals surface area contributed by atoms with Gasteiger partial charge >= 0.3 is 0 Å². The van der Waals surface area contributed by atoms with E-state index in [1.165, 1.54) is 6.07 Å². The number of rotatable bonds is 5. The first kappa shape index (κ1) is 22.5. The smallest absolute Gasteiger partial charge is 0.251 e. The molecule has 2 heterocycles. The molecule has 6 heteroatoms. The zero-order valence-corrected chi connectivity index (χ0v) is 18.9. The average molecular weight is 439 g/mol. The van der Waals surface area contributed by atoms with E-state index in [2.05, 4.69) is 0 Å². The number of hydrogen-bond donors (Lipinski definition) is 0. The Labute approximate surface area is 189 Å². The number of hydrogen-bond acceptors (Lipinski definition) is 3. The van der Waals surface area contributed by atoms with Gasteiger partial charge in [0.2, 0.25) is 5.91 Å². The summed E-state index contributed by atoms with van der Waals surface area (Å²) in [6.45, 7) is 1.69. The monoisotopic (exact) mass is 438 g/mol. The molecule has 0 bridgehead atoms. The average Bonchev–Trinajstić information content (AvgIpc) is 3.34. The molecule has 2 atom stereocenters. The van der Waals surface area contributed by atoms with Gasteiger partial charge in [0, 0.05) is 39.4 Å². The van der Waals surface area contributed by atoms with Gasteiger partial charge in [-0.3, -0.25) is 9.59 Å². The summed E-state index contributed by atoms with van der Waals surface area (Å²) in [5.74, 6) is -0.205. The fourth-order valence-corrected chi connectivity index (χ4v) is 5.05. The lowest BCUT2D eigenvalue weighted by molar-refractivity contribution is -0.151. The predicted octanol–water partition coefficient (Wildman–Crippen LogP) is 3.91. The standard InChI is InChI=1S/C26H31FN2O3/c1-28(2)25(31)26(14-6-15-29(18-26)24(30)23-9-5-16-32-23)17-19-10-12-20(13-11-19)21-7-3-4-8-22(21)27/h3-4,7-8,10-13,23H,5-6,9,14-18H2,1-2H3/t23-,26+/m1/s1. The van der Waals surface area contributed by atoms with Gasteiger partial charge < -0.3 is 14.5 Å². The zero-order valence-electron chi connectivity index (χ0n) is 18.9. The fraction of sp³-hybridized carbons (Fsp3) is 0.462. The zero-order chi connectivity index (χ0) is 22.7. The molecule has 2 aromatic rings. The number of nitrogens with zero attached hydrogens (tertiary/aromatic N) is 2. The van der Waals surface area contributed by atoms with Gasteiger partial charge in [-0.2, -0.15) is 0 Å². The van der Waals surface area contributed by atoms with E-state index in [1.54, 1.807) is 31.1 Å². The maximum atomic E-state index is 14.2. The summed E-state index contributed by atoms with van der Waals surface area (Å²) in [6, 6.07) is 14.4. The van der Waals surface area contributed by atoms with E-state index >= 15 is 0 Å². The molecule has 2 aliphatic heterocycles. The van der Waals surface area contributed by atoms with Crippen LogP contribution in [0.3, 0.4) is 0 Å². The largest absolute Gasteiger partial charge is 0.368 e. The van der Waals surface area contributed by atoms with E-state index in [0.717, 1.165) is 36.8 Å². The molecule has 0 spiro atoms. The van der Waals surface area contributed by atoms with Crippen molar-refractivity contribution in [2.45, 2.75) is 38.2 Å². The van der Waals surface area contributed by atoms with Gasteiger partial charge in [0.05, 0.1) is 5.41 Å². The van der Waals surface area contributed by atoms with Crippen molar-refractivity contribution in [1.82, 2.24) is 9.80 Å². The van der Waals surface area contributed by atoms with E-state index in [-0.39, 0.29) is 23.7 Å². The van der Waals surface area contributed by atoms with Crippen LogP contribution in [0.5, 0.6) is 0 Å². The first-order valence-electron chi connectivity index (χ1n) is 11.4. The third-order valence-corrected chi connectivity index (χ3v) is 6.63. The minimum Gasteiger partial charge on any atom is -0.368 e. The molecule has 5 nitrogen and oxygen atoms in total. The van der Waals surface area contributed by atoms with Crippen molar-refractivity contribution >= 4 is 11.8 Å². The van der Waals surface area contributed by atoms with Crippen LogP contribution in [0.15, 0.2) is 48.5 Å². The Bertz CT molecular complexity index is 969. The van der Waals surface area contributed by atoms with Crippen LogP contribution in [0.2, 0.25) is 0 Å². The fourth-order valence-electron chi connectivity index (χ4n) is 5.05. The van der Waals surface area contributed by atoms with Gasteiger partial charge in [-0.1, -0.05) is 42.5 Å². The third kappa shape index (κ3) is 4.56. The highest BCUT2D eigenvalue weighted by Crippen LogP contribution is 2.37. The number of benzene rings is 2. The Hall–Kier alpha value is -2.73. The summed E-state index contributed by atoms with van der Waals surface area (Å²) >= 11 is 0. The molecule has 0 radical (unpaired) electrons. The molecule has 2 aromatic carbocycles. The number of ether oxygens (including phenoxy) is 1. The Morgan fingerprint density at radius 1 is 1.12 bits per heavy atom. The molecule has 2 amide bonds. The molecule has 0 N–H and O–H groups in total. The molecular weight excluding hydrogens is 407 g/mol. The van der Waals surface area contributed by atoms with E-state index in [4.69, 9.17) is 4.74 Å². The number of carbonyl (C=O) groups excluding carboxylic acids is 2. The molecule has 0 aromatic heterocycles. The third-order valence-electron chi connectivity index (χ3n) is 6.63. The molecule has 2 fully saturated rings. The van der Waals surface area contributed by atoms with Gasteiger partial charge in [-0.15, -0.1) is 0 Å². The van der Waals surface area contributed by atoms with Crippen LogP contribution in [0, 0.1) is 11.2 Å². The Kier molecular flexibility index (Phi) is 6.60. The molecule has 32 heavy (non-hydrogen) atoms. The molecule has 2 saturated heterocycles. The van der Waals surface area contributed by atoms with Gasteiger partial charge in [-0.25, -0.2) is 4.39 Å². The van der Waals surface area contributed by atoms with Gasteiger partial charge in [0.25, 0.3) is 5.91 Å². The molecule has 0 unspecified atom stereocenters. The van der Waals surface area contributed by atoms with Crippen molar-refractivity contribution in [1.29, 1.82) is 0 Å².